The molecule has 0 aromatic carbocycles. The summed E-state index contributed by atoms with van der Waals surface area (Å²) in [6.07, 6.45) is 0. The molecule has 0 atom stereocenters. The van der Waals surface area contributed by atoms with E-state index < -0.39 is 4.92 Å². The molecule has 1 fully saturated rings. The summed E-state index contributed by atoms with van der Waals surface area (Å²) in [4.78, 5) is 14.4. The largest absolute Gasteiger partial charge is 0.366 e. The second-order valence-corrected chi connectivity index (χ2v) is 6.20. The Labute approximate surface area is 111 Å². The Morgan fingerprint density at radius 3 is 2.33 bits per heavy atom. The van der Waals surface area contributed by atoms with Crippen LogP contribution >= 0.6 is 11.6 Å². The normalized spacial score (nSPS) is 20.5. The van der Waals surface area contributed by atoms with Crippen molar-refractivity contribution in [3.8, 4) is 0 Å². The van der Waals surface area contributed by atoms with Gasteiger partial charge >= 0.3 is 0 Å². The molecule has 0 aliphatic heterocycles. The fourth-order valence-corrected chi connectivity index (χ4v) is 2.57. The maximum absolute atomic E-state index is 10.8. The predicted molar refractivity (Wildman–Crippen MR) is 70.9 cm³/mol. The standard InChI is InChI=1S/C12H16ClN3O2/c1-11(2)10(12(11,3)4)15-9-6-7(16(17)18)5-8(13)14-9/h5-6,10H,1-4H3,(H,14,15). The fraction of sp³-hybridized carbons (Fsp3) is 0.583. The third-order valence-electron chi connectivity index (χ3n) is 4.30. The van der Waals surface area contributed by atoms with Crippen molar-refractivity contribution in [2.24, 2.45) is 10.8 Å². The van der Waals surface area contributed by atoms with Gasteiger partial charge < -0.3 is 5.32 Å². The van der Waals surface area contributed by atoms with Crippen LogP contribution in [0, 0.1) is 20.9 Å². The first-order valence-corrected chi connectivity index (χ1v) is 6.12. The molecular formula is C12H16ClN3O2. The quantitative estimate of drug-likeness (QED) is 0.518. The van der Waals surface area contributed by atoms with Crippen LogP contribution in [-0.4, -0.2) is 15.9 Å². The highest BCUT2D eigenvalue weighted by molar-refractivity contribution is 6.29. The van der Waals surface area contributed by atoms with Gasteiger partial charge in [0.2, 0.25) is 0 Å². The van der Waals surface area contributed by atoms with E-state index in [-0.39, 0.29) is 27.7 Å². The summed E-state index contributed by atoms with van der Waals surface area (Å²) in [7, 11) is 0. The van der Waals surface area contributed by atoms with E-state index >= 15 is 0 Å². The monoisotopic (exact) mass is 269 g/mol. The van der Waals surface area contributed by atoms with Gasteiger partial charge in [0.1, 0.15) is 11.0 Å². The van der Waals surface area contributed by atoms with Crippen LogP contribution in [0.3, 0.4) is 0 Å². The second-order valence-electron chi connectivity index (χ2n) is 5.81. The van der Waals surface area contributed by atoms with Crippen molar-refractivity contribution in [2.75, 3.05) is 5.32 Å². The molecule has 0 bridgehead atoms. The first-order valence-electron chi connectivity index (χ1n) is 5.75. The van der Waals surface area contributed by atoms with Crippen LogP contribution in [-0.2, 0) is 0 Å². The smallest absolute Gasteiger partial charge is 0.276 e. The lowest BCUT2D eigenvalue weighted by Gasteiger charge is -2.07. The topological polar surface area (TPSA) is 68.1 Å². The van der Waals surface area contributed by atoms with E-state index in [1.54, 1.807) is 0 Å². The van der Waals surface area contributed by atoms with Gasteiger partial charge in [0, 0.05) is 6.04 Å². The van der Waals surface area contributed by atoms with Crippen molar-refractivity contribution < 1.29 is 4.92 Å². The highest BCUT2D eigenvalue weighted by atomic mass is 35.5. The minimum atomic E-state index is -0.470. The molecule has 0 unspecified atom stereocenters. The summed E-state index contributed by atoms with van der Waals surface area (Å²) < 4.78 is 0. The Bertz CT molecular complexity index is 500. The van der Waals surface area contributed by atoms with Crippen molar-refractivity contribution in [3.05, 3.63) is 27.4 Å². The number of aromatic nitrogens is 1. The van der Waals surface area contributed by atoms with Gasteiger partial charge in [0.15, 0.2) is 0 Å². The Hall–Kier alpha value is -1.36. The molecule has 1 aromatic rings. The van der Waals surface area contributed by atoms with E-state index in [9.17, 15) is 10.1 Å². The van der Waals surface area contributed by atoms with Crippen LogP contribution in [0.1, 0.15) is 27.7 Å². The average molecular weight is 270 g/mol. The Kier molecular flexibility index (Phi) is 2.77. The van der Waals surface area contributed by atoms with Gasteiger partial charge in [-0.05, 0) is 10.8 Å². The Morgan fingerprint density at radius 2 is 1.89 bits per heavy atom. The van der Waals surface area contributed by atoms with Crippen molar-refractivity contribution in [2.45, 2.75) is 33.7 Å². The van der Waals surface area contributed by atoms with Gasteiger partial charge in [0.25, 0.3) is 5.69 Å². The molecule has 18 heavy (non-hydrogen) atoms. The fourth-order valence-electron chi connectivity index (χ4n) is 2.37. The van der Waals surface area contributed by atoms with E-state index in [0.29, 0.717) is 5.82 Å². The maximum atomic E-state index is 10.8. The Balaban J connectivity index is 2.24. The van der Waals surface area contributed by atoms with Crippen molar-refractivity contribution >= 4 is 23.1 Å². The molecule has 1 saturated carbocycles. The van der Waals surface area contributed by atoms with Gasteiger partial charge in [-0.15, -0.1) is 0 Å². The van der Waals surface area contributed by atoms with E-state index in [1.807, 2.05) is 0 Å². The molecule has 1 N–H and O–H groups in total. The number of anilines is 1. The highest BCUT2D eigenvalue weighted by Crippen LogP contribution is 2.63. The lowest BCUT2D eigenvalue weighted by atomic mass is 10.0. The van der Waals surface area contributed by atoms with Crippen LogP contribution in [0.25, 0.3) is 0 Å². The molecular weight excluding hydrogens is 254 g/mol. The third kappa shape index (κ3) is 1.92. The van der Waals surface area contributed by atoms with E-state index in [4.69, 9.17) is 11.6 Å². The van der Waals surface area contributed by atoms with Crippen LogP contribution in [0.2, 0.25) is 5.15 Å². The van der Waals surface area contributed by atoms with Crippen LogP contribution in [0.5, 0.6) is 0 Å². The number of nitro groups is 1. The molecule has 0 spiro atoms. The molecule has 98 valence electrons. The number of hydrogen-bond acceptors (Lipinski definition) is 4. The molecule has 1 aliphatic rings. The van der Waals surface area contributed by atoms with Gasteiger partial charge in [-0.25, -0.2) is 4.98 Å². The predicted octanol–water partition coefficient (Wildman–Crippen LogP) is 3.49. The summed E-state index contributed by atoms with van der Waals surface area (Å²) in [5.74, 6) is 0.456. The first-order chi connectivity index (χ1) is 8.16. The van der Waals surface area contributed by atoms with Gasteiger partial charge in [-0.1, -0.05) is 39.3 Å². The van der Waals surface area contributed by atoms with Crippen LogP contribution in [0.4, 0.5) is 11.5 Å². The zero-order chi connectivity index (χ0) is 13.7. The summed E-state index contributed by atoms with van der Waals surface area (Å²) in [6.45, 7) is 8.63. The van der Waals surface area contributed by atoms with E-state index in [0.717, 1.165) is 0 Å². The molecule has 0 radical (unpaired) electrons. The lowest BCUT2D eigenvalue weighted by Crippen LogP contribution is -2.11. The number of hydrogen-bond donors (Lipinski definition) is 1. The number of nitrogens with zero attached hydrogens (tertiary/aromatic N) is 2. The highest BCUT2D eigenvalue weighted by Gasteiger charge is 2.65. The van der Waals surface area contributed by atoms with Gasteiger partial charge in [-0.3, -0.25) is 10.1 Å². The van der Waals surface area contributed by atoms with Gasteiger partial charge in [0.05, 0.1) is 17.1 Å². The molecule has 1 heterocycles. The second kappa shape index (κ2) is 3.82. The molecule has 6 heteroatoms. The van der Waals surface area contributed by atoms with Crippen molar-refractivity contribution in [1.29, 1.82) is 0 Å². The third-order valence-corrected chi connectivity index (χ3v) is 4.50. The molecule has 0 amide bonds. The number of nitrogens with one attached hydrogen (secondary N) is 1. The van der Waals surface area contributed by atoms with E-state index in [1.165, 1.54) is 12.1 Å². The van der Waals surface area contributed by atoms with Crippen molar-refractivity contribution in [1.82, 2.24) is 4.98 Å². The maximum Gasteiger partial charge on any atom is 0.276 e. The summed E-state index contributed by atoms with van der Waals surface area (Å²) in [6, 6.07) is 2.89. The Morgan fingerprint density at radius 1 is 1.33 bits per heavy atom. The van der Waals surface area contributed by atoms with Crippen LogP contribution < -0.4 is 5.32 Å². The number of rotatable bonds is 3. The summed E-state index contributed by atoms with van der Waals surface area (Å²) in [5, 5.41) is 14.1. The first kappa shape index (κ1) is 13.1. The van der Waals surface area contributed by atoms with Crippen molar-refractivity contribution in [3.63, 3.8) is 0 Å². The zero-order valence-corrected chi connectivity index (χ0v) is 11.6. The molecule has 1 aromatic heterocycles. The minimum absolute atomic E-state index is 0.0474. The summed E-state index contributed by atoms with van der Waals surface area (Å²) >= 11 is 5.78. The van der Waals surface area contributed by atoms with E-state index in [2.05, 4.69) is 38.0 Å². The molecule has 0 saturated heterocycles. The molecule has 1 aliphatic carbocycles. The number of pyridine rings is 1. The lowest BCUT2D eigenvalue weighted by molar-refractivity contribution is -0.384. The summed E-state index contributed by atoms with van der Waals surface area (Å²) in [5.41, 5.74) is 0.214. The number of halogens is 1. The minimum Gasteiger partial charge on any atom is -0.366 e. The van der Waals surface area contributed by atoms with Gasteiger partial charge in [-0.2, -0.15) is 0 Å². The van der Waals surface area contributed by atoms with Crippen LogP contribution in [0.15, 0.2) is 12.1 Å². The zero-order valence-electron chi connectivity index (χ0n) is 10.8. The molecule has 5 nitrogen and oxygen atoms in total. The molecule has 2 rings (SSSR count). The average Bonchev–Trinajstić information content (AvgIpc) is 2.60. The SMILES string of the molecule is CC1(C)C(Nc2cc([N+](=O)[O-])cc(Cl)n2)C1(C)C.